The van der Waals surface area contributed by atoms with Gasteiger partial charge in [0, 0.05) is 12.2 Å². The highest BCUT2D eigenvalue weighted by molar-refractivity contribution is 5.99. The molecule has 0 bridgehead atoms. The molecule has 5 heteroatoms. The van der Waals surface area contributed by atoms with Gasteiger partial charge in [-0.2, -0.15) is 0 Å². The molecular formula is C14H14FN3O. The molecule has 0 aliphatic rings. The van der Waals surface area contributed by atoms with Crippen LogP contribution in [0.3, 0.4) is 0 Å². The summed E-state index contributed by atoms with van der Waals surface area (Å²) >= 11 is 0. The molecule has 4 N–H and O–H groups in total. The van der Waals surface area contributed by atoms with Crippen molar-refractivity contribution >= 4 is 17.4 Å². The maximum Gasteiger partial charge on any atom is 0.323 e. The highest BCUT2D eigenvalue weighted by atomic mass is 19.1. The van der Waals surface area contributed by atoms with E-state index < -0.39 is 11.8 Å². The van der Waals surface area contributed by atoms with E-state index in [0.29, 0.717) is 11.3 Å². The van der Waals surface area contributed by atoms with Crippen molar-refractivity contribution in [1.29, 1.82) is 0 Å². The zero-order valence-electron chi connectivity index (χ0n) is 10.2. The predicted octanol–water partition coefficient (Wildman–Crippen LogP) is 2.93. The van der Waals surface area contributed by atoms with Gasteiger partial charge in [0.25, 0.3) is 0 Å². The van der Waals surface area contributed by atoms with E-state index in [1.165, 1.54) is 12.1 Å². The van der Waals surface area contributed by atoms with Crippen molar-refractivity contribution in [2.24, 2.45) is 5.73 Å². The Morgan fingerprint density at radius 2 is 1.84 bits per heavy atom. The monoisotopic (exact) mass is 259 g/mol. The van der Waals surface area contributed by atoms with Gasteiger partial charge in [-0.1, -0.05) is 24.3 Å². The molecule has 2 aromatic rings. The van der Waals surface area contributed by atoms with Crippen molar-refractivity contribution in [3.8, 4) is 0 Å². The van der Waals surface area contributed by atoms with Crippen molar-refractivity contribution < 1.29 is 9.18 Å². The lowest BCUT2D eigenvalue weighted by molar-refractivity contribution is 0.262. The Bertz CT molecular complexity index is 572. The predicted molar refractivity (Wildman–Crippen MR) is 73.4 cm³/mol. The van der Waals surface area contributed by atoms with Crippen LogP contribution in [-0.2, 0) is 6.54 Å². The number of anilines is 2. The second kappa shape index (κ2) is 5.97. The number of hydrogen-bond donors (Lipinski definition) is 3. The third-order valence-electron chi connectivity index (χ3n) is 2.55. The van der Waals surface area contributed by atoms with Gasteiger partial charge in [0.15, 0.2) is 0 Å². The maximum atomic E-state index is 13.6. The average molecular weight is 259 g/mol. The minimum absolute atomic E-state index is 0.116. The summed E-state index contributed by atoms with van der Waals surface area (Å²) in [6.07, 6.45) is 0. The first kappa shape index (κ1) is 13.0. The number of carbonyl (C=O) groups excluding carboxylic acids is 1. The minimum Gasteiger partial charge on any atom is -0.326 e. The lowest BCUT2D eigenvalue weighted by Crippen LogP contribution is -2.20. The summed E-state index contributed by atoms with van der Waals surface area (Å²) in [5.74, 6) is -0.508. The van der Waals surface area contributed by atoms with Crippen LogP contribution in [0.15, 0.2) is 48.5 Å². The van der Waals surface area contributed by atoms with Gasteiger partial charge >= 0.3 is 6.03 Å². The Morgan fingerprint density at radius 1 is 1.11 bits per heavy atom. The zero-order valence-corrected chi connectivity index (χ0v) is 10.2. The fourth-order valence-electron chi connectivity index (χ4n) is 1.59. The van der Waals surface area contributed by atoms with Gasteiger partial charge in [-0.3, -0.25) is 0 Å². The average Bonchev–Trinajstić information content (AvgIpc) is 2.42. The van der Waals surface area contributed by atoms with Gasteiger partial charge in [0.1, 0.15) is 5.82 Å². The maximum absolute atomic E-state index is 13.6. The Labute approximate surface area is 110 Å². The number of nitrogens with two attached hydrogens (primary N) is 1. The molecule has 2 rings (SSSR count). The molecule has 2 aromatic carbocycles. The summed E-state index contributed by atoms with van der Waals surface area (Å²) in [5.41, 5.74) is 6.83. The van der Waals surface area contributed by atoms with Gasteiger partial charge in [0.2, 0.25) is 0 Å². The SMILES string of the molecule is NCc1ccc(NC(=O)Nc2ccccc2)c(F)c1. The van der Waals surface area contributed by atoms with Crippen LogP contribution in [0.2, 0.25) is 0 Å². The molecule has 0 spiro atoms. The molecular weight excluding hydrogens is 245 g/mol. The van der Waals surface area contributed by atoms with Gasteiger partial charge in [0.05, 0.1) is 5.69 Å². The molecule has 4 nitrogen and oxygen atoms in total. The number of halogens is 1. The van der Waals surface area contributed by atoms with Gasteiger partial charge < -0.3 is 16.4 Å². The van der Waals surface area contributed by atoms with E-state index in [0.717, 1.165) is 0 Å². The van der Waals surface area contributed by atoms with Crippen LogP contribution in [-0.4, -0.2) is 6.03 Å². The number of urea groups is 1. The summed E-state index contributed by atoms with van der Waals surface area (Å²) < 4.78 is 13.6. The van der Waals surface area contributed by atoms with Crippen LogP contribution in [0, 0.1) is 5.82 Å². The standard InChI is InChI=1S/C14H14FN3O/c15-12-8-10(9-16)6-7-13(12)18-14(19)17-11-4-2-1-3-5-11/h1-8H,9,16H2,(H2,17,18,19). The minimum atomic E-state index is -0.508. The molecule has 0 aliphatic carbocycles. The van der Waals surface area contributed by atoms with E-state index in [4.69, 9.17) is 5.73 Å². The normalized spacial score (nSPS) is 10.0. The fraction of sp³-hybridized carbons (Fsp3) is 0.0714. The molecule has 2 amide bonds. The summed E-state index contributed by atoms with van der Waals surface area (Å²) in [6.45, 7) is 0.257. The smallest absolute Gasteiger partial charge is 0.323 e. The molecule has 0 atom stereocenters. The fourth-order valence-corrected chi connectivity index (χ4v) is 1.59. The lowest BCUT2D eigenvalue weighted by Gasteiger charge is -2.09. The Balaban J connectivity index is 2.03. The van der Waals surface area contributed by atoms with E-state index in [-0.39, 0.29) is 12.2 Å². The number of benzene rings is 2. The van der Waals surface area contributed by atoms with Crippen LogP contribution in [0.1, 0.15) is 5.56 Å². The van der Waals surface area contributed by atoms with Crippen molar-refractivity contribution in [2.75, 3.05) is 10.6 Å². The number of nitrogens with one attached hydrogen (secondary N) is 2. The molecule has 0 aromatic heterocycles. The van der Waals surface area contributed by atoms with E-state index >= 15 is 0 Å². The topological polar surface area (TPSA) is 67.1 Å². The molecule has 0 aliphatic heterocycles. The molecule has 0 heterocycles. The number of carbonyl (C=O) groups is 1. The van der Waals surface area contributed by atoms with Gasteiger partial charge in [-0.15, -0.1) is 0 Å². The Hall–Kier alpha value is -2.40. The molecule has 0 fully saturated rings. The van der Waals surface area contributed by atoms with Crippen molar-refractivity contribution in [2.45, 2.75) is 6.54 Å². The van der Waals surface area contributed by atoms with E-state index in [9.17, 15) is 9.18 Å². The molecule has 0 saturated heterocycles. The summed E-state index contributed by atoms with van der Waals surface area (Å²) in [5, 5.41) is 5.05. The van der Waals surface area contributed by atoms with Gasteiger partial charge in [-0.05, 0) is 29.8 Å². The third-order valence-corrected chi connectivity index (χ3v) is 2.55. The largest absolute Gasteiger partial charge is 0.326 e. The van der Waals surface area contributed by atoms with Crippen LogP contribution < -0.4 is 16.4 Å². The first-order valence-corrected chi connectivity index (χ1v) is 5.80. The van der Waals surface area contributed by atoms with Crippen molar-refractivity contribution in [1.82, 2.24) is 0 Å². The lowest BCUT2D eigenvalue weighted by atomic mass is 10.2. The second-order valence-electron chi connectivity index (χ2n) is 3.96. The van der Waals surface area contributed by atoms with Crippen LogP contribution in [0.4, 0.5) is 20.6 Å². The highest BCUT2D eigenvalue weighted by Crippen LogP contribution is 2.16. The van der Waals surface area contributed by atoms with Crippen molar-refractivity contribution in [3.05, 3.63) is 59.9 Å². The number of amides is 2. The Morgan fingerprint density at radius 3 is 2.47 bits per heavy atom. The summed E-state index contributed by atoms with van der Waals surface area (Å²) in [6, 6.07) is 12.9. The first-order valence-electron chi connectivity index (χ1n) is 5.80. The van der Waals surface area contributed by atoms with Crippen LogP contribution in [0.5, 0.6) is 0 Å². The van der Waals surface area contributed by atoms with E-state index in [2.05, 4.69) is 10.6 Å². The summed E-state index contributed by atoms with van der Waals surface area (Å²) in [4.78, 5) is 11.7. The van der Waals surface area contributed by atoms with Crippen molar-refractivity contribution in [3.63, 3.8) is 0 Å². The molecule has 0 radical (unpaired) electrons. The molecule has 0 unspecified atom stereocenters. The molecule has 0 saturated carbocycles. The Kier molecular flexibility index (Phi) is 4.10. The third kappa shape index (κ3) is 3.53. The van der Waals surface area contributed by atoms with E-state index in [1.807, 2.05) is 6.07 Å². The number of para-hydroxylation sites is 1. The van der Waals surface area contributed by atoms with Crippen LogP contribution in [0.25, 0.3) is 0 Å². The quantitative estimate of drug-likeness (QED) is 0.793. The van der Waals surface area contributed by atoms with Crippen LogP contribution >= 0.6 is 0 Å². The van der Waals surface area contributed by atoms with Gasteiger partial charge in [-0.25, -0.2) is 9.18 Å². The first-order chi connectivity index (χ1) is 9.19. The number of rotatable bonds is 3. The summed E-state index contributed by atoms with van der Waals surface area (Å²) in [7, 11) is 0. The highest BCUT2D eigenvalue weighted by Gasteiger charge is 2.07. The number of hydrogen-bond acceptors (Lipinski definition) is 2. The zero-order chi connectivity index (χ0) is 13.7. The molecule has 98 valence electrons. The molecule has 19 heavy (non-hydrogen) atoms. The van der Waals surface area contributed by atoms with E-state index in [1.54, 1.807) is 30.3 Å². The second-order valence-corrected chi connectivity index (χ2v) is 3.96.